The smallest absolute Gasteiger partial charge is 0 e. The van der Waals surface area contributed by atoms with Crippen molar-refractivity contribution in [1.82, 2.24) is 0 Å². The van der Waals surface area contributed by atoms with E-state index in [1.54, 1.807) is 0 Å². The third-order valence-electron chi connectivity index (χ3n) is 0.144. The Morgan fingerprint density at radius 1 is 1.60 bits per heavy atom. The number of hydrogen-bond donors (Lipinski definition) is 1. The maximum atomic E-state index is 6.33. The van der Waals surface area contributed by atoms with Gasteiger partial charge in [0.15, 0.2) is 0 Å². The molecule has 0 atom stereocenters. The number of nitrogens with one attached hydrogen (secondary N) is 1. The van der Waals surface area contributed by atoms with Crippen LogP contribution in [0.1, 0.15) is 0 Å². The van der Waals surface area contributed by atoms with Gasteiger partial charge in [0.25, 0.3) is 0 Å². The summed E-state index contributed by atoms with van der Waals surface area (Å²) in [5, 5.41) is 0. The molecule has 0 aliphatic carbocycles. The van der Waals surface area contributed by atoms with Crippen molar-refractivity contribution in [3.8, 4) is 0 Å². The van der Waals surface area contributed by atoms with E-state index in [0.717, 1.165) is 0 Å². The summed E-state index contributed by atoms with van der Waals surface area (Å²) in [5.74, 6) is 0. The molecule has 0 bridgehead atoms. The largest absolute Gasteiger partial charge is 0.676 e. The van der Waals surface area contributed by atoms with Crippen LogP contribution in [-0.2, 0) is 19.5 Å². The Hall–Kier alpha value is 0.543. The fourth-order valence-corrected chi connectivity index (χ4v) is 0. The number of hydrogen-bond acceptors (Lipinski definition) is 1. The molecule has 0 amide bonds. The first-order chi connectivity index (χ1) is 1.91. The standard InChI is InChI=1S/C2H7N2.Zn/c3-1-2-4;/h3H,1-2,4H2;/q-1;. The molecule has 3 N–H and O–H groups in total. The van der Waals surface area contributed by atoms with Crippen LogP contribution in [0.25, 0.3) is 5.73 Å². The molecule has 3 heteroatoms. The molecule has 0 aliphatic heterocycles. The Bertz CT molecular complexity index is 9.61. The fraction of sp³-hybridized carbons (Fsp3) is 1.00. The van der Waals surface area contributed by atoms with Gasteiger partial charge in [-0.3, -0.25) is 0 Å². The van der Waals surface area contributed by atoms with Crippen LogP contribution in [0.15, 0.2) is 0 Å². The van der Waals surface area contributed by atoms with Gasteiger partial charge in [0.1, 0.15) is 0 Å². The summed E-state index contributed by atoms with van der Waals surface area (Å²) in [4.78, 5) is 0. The Balaban J connectivity index is 0. The molecule has 0 unspecified atom stereocenters. The molecule has 0 rings (SSSR count). The summed E-state index contributed by atoms with van der Waals surface area (Å²) < 4.78 is 0. The third kappa shape index (κ3) is 12.3. The molecule has 0 heterocycles. The fourth-order valence-electron chi connectivity index (χ4n) is 0. The van der Waals surface area contributed by atoms with Crippen LogP contribution in [-0.4, -0.2) is 13.1 Å². The minimum Gasteiger partial charge on any atom is -0.676 e. The zero-order chi connectivity index (χ0) is 3.41. The maximum Gasteiger partial charge on any atom is 0 e. The maximum absolute atomic E-state index is 6.33. The van der Waals surface area contributed by atoms with Gasteiger partial charge in [0.05, 0.1) is 0 Å². The Kier molecular flexibility index (Phi) is 16.1. The second-order valence-electron chi connectivity index (χ2n) is 0.539. The third-order valence-corrected chi connectivity index (χ3v) is 0.144. The van der Waals surface area contributed by atoms with E-state index in [0.29, 0.717) is 13.1 Å². The van der Waals surface area contributed by atoms with Crippen molar-refractivity contribution in [3.63, 3.8) is 0 Å². The Labute approximate surface area is 44.7 Å². The predicted octanol–water partition coefficient (Wildman–Crippen LogP) is -0.00520. The van der Waals surface area contributed by atoms with E-state index in [-0.39, 0.29) is 19.5 Å². The number of rotatable bonds is 1. The van der Waals surface area contributed by atoms with Crippen molar-refractivity contribution >= 4 is 0 Å². The van der Waals surface area contributed by atoms with Crippen molar-refractivity contribution in [2.24, 2.45) is 5.73 Å². The van der Waals surface area contributed by atoms with Crippen LogP contribution in [0.5, 0.6) is 0 Å². The molecule has 0 spiro atoms. The second-order valence-corrected chi connectivity index (χ2v) is 0.539. The minimum atomic E-state index is 0. The average molecular weight is 124 g/mol. The summed E-state index contributed by atoms with van der Waals surface area (Å²) in [7, 11) is 0. The number of nitrogens with two attached hydrogens (primary N) is 1. The van der Waals surface area contributed by atoms with Gasteiger partial charge < -0.3 is 11.5 Å². The predicted molar refractivity (Wildman–Crippen MR) is 18.2 cm³/mol. The van der Waals surface area contributed by atoms with Crippen LogP contribution >= 0.6 is 0 Å². The van der Waals surface area contributed by atoms with Crippen LogP contribution in [0.3, 0.4) is 0 Å². The first kappa shape index (κ1) is 9.11. The van der Waals surface area contributed by atoms with Gasteiger partial charge in [-0.05, 0) is 6.54 Å². The normalized spacial score (nSPS) is 6.00. The average Bonchev–Trinajstić information content (AvgIpc) is 1.37. The minimum absolute atomic E-state index is 0. The summed E-state index contributed by atoms with van der Waals surface area (Å²) in [6.45, 7) is 0.833. The zero-order valence-electron chi connectivity index (χ0n) is 3.20. The molecule has 0 aliphatic rings. The van der Waals surface area contributed by atoms with Gasteiger partial charge in [0, 0.05) is 19.5 Å². The van der Waals surface area contributed by atoms with E-state index in [9.17, 15) is 0 Å². The molecule has 2 nitrogen and oxygen atoms in total. The van der Waals surface area contributed by atoms with Crippen molar-refractivity contribution in [1.29, 1.82) is 0 Å². The van der Waals surface area contributed by atoms with Crippen LogP contribution in [0, 0.1) is 0 Å². The van der Waals surface area contributed by atoms with E-state index in [1.165, 1.54) is 0 Å². The van der Waals surface area contributed by atoms with Crippen molar-refractivity contribution in [2.75, 3.05) is 13.1 Å². The summed E-state index contributed by atoms with van der Waals surface area (Å²) in [6.07, 6.45) is 0. The molecular formula is C2H7N2Zn-. The van der Waals surface area contributed by atoms with Crippen LogP contribution < -0.4 is 5.73 Å². The van der Waals surface area contributed by atoms with E-state index >= 15 is 0 Å². The molecule has 5 heavy (non-hydrogen) atoms. The van der Waals surface area contributed by atoms with E-state index in [2.05, 4.69) is 0 Å². The molecule has 0 aromatic heterocycles. The summed E-state index contributed by atoms with van der Waals surface area (Å²) in [6, 6.07) is 0. The van der Waals surface area contributed by atoms with Gasteiger partial charge >= 0.3 is 0 Å². The summed E-state index contributed by atoms with van der Waals surface area (Å²) in [5.41, 5.74) is 11.2. The van der Waals surface area contributed by atoms with Crippen molar-refractivity contribution < 1.29 is 19.5 Å². The molecule has 0 saturated heterocycles. The molecule has 0 aromatic carbocycles. The molecule has 28 valence electrons. The SMILES string of the molecule is [NH-]CCN.[Zn]. The monoisotopic (exact) mass is 123 g/mol. The van der Waals surface area contributed by atoms with Crippen LogP contribution in [0.4, 0.5) is 0 Å². The zero-order valence-corrected chi connectivity index (χ0v) is 6.17. The van der Waals surface area contributed by atoms with Crippen molar-refractivity contribution in [3.05, 3.63) is 5.73 Å². The Morgan fingerprint density at radius 3 is 1.80 bits per heavy atom. The molecular weight excluding hydrogens is 117 g/mol. The van der Waals surface area contributed by atoms with Crippen LogP contribution in [0.2, 0.25) is 0 Å². The van der Waals surface area contributed by atoms with Gasteiger partial charge in [0.2, 0.25) is 0 Å². The molecule has 0 radical (unpaired) electrons. The van der Waals surface area contributed by atoms with Crippen molar-refractivity contribution in [2.45, 2.75) is 0 Å². The molecule has 0 aromatic rings. The van der Waals surface area contributed by atoms with Gasteiger partial charge in [-0.15, -0.1) is 6.54 Å². The van der Waals surface area contributed by atoms with Gasteiger partial charge in [-0.1, -0.05) is 0 Å². The summed E-state index contributed by atoms with van der Waals surface area (Å²) >= 11 is 0. The van der Waals surface area contributed by atoms with E-state index in [1.807, 2.05) is 0 Å². The van der Waals surface area contributed by atoms with Gasteiger partial charge in [-0.2, -0.15) is 0 Å². The van der Waals surface area contributed by atoms with E-state index < -0.39 is 0 Å². The molecule has 0 saturated carbocycles. The Morgan fingerprint density at radius 2 is 1.80 bits per heavy atom. The quantitative estimate of drug-likeness (QED) is 0.492. The first-order valence-electron chi connectivity index (χ1n) is 1.26. The van der Waals surface area contributed by atoms with Gasteiger partial charge in [-0.25, -0.2) is 0 Å². The first-order valence-corrected chi connectivity index (χ1v) is 1.26. The second kappa shape index (κ2) is 8.82. The van der Waals surface area contributed by atoms with E-state index in [4.69, 9.17) is 11.5 Å². The topological polar surface area (TPSA) is 49.8 Å². The molecule has 0 fully saturated rings.